The molecule has 0 heterocycles. The monoisotopic (exact) mass is 496 g/mol. The molecule has 28 heavy (non-hydrogen) atoms. The number of ether oxygens (including phenoxy) is 4. The van der Waals surface area contributed by atoms with Gasteiger partial charge in [0.05, 0.1) is 34.0 Å². The summed E-state index contributed by atoms with van der Waals surface area (Å²) in [5.74, 6) is 0.931. The Morgan fingerprint density at radius 3 is 1.36 bits per heavy atom. The van der Waals surface area contributed by atoms with Gasteiger partial charge in [-0.15, -0.1) is 0 Å². The van der Waals surface area contributed by atoms with Gasteiger partial charge < -0.3 is 42.9 Å². The number of methoxy groups -OCH3 is 4. The molecular weight excluding hydrogens is 472 g/mol. The summed E-state index contributed by atoms with van der Waals surface area (Å²) in [6.45, 7) is 6.69. The average molecular weight is 498 g/mol. The fourth-order valence-corrected chi connectivity index (χ4v) is 1.22. The minimum absolute atomic E-state index is 0. The molecule has 0 aromatic rings. The van der Waals surface area contributed by atoms with E-state index in [1.165, 1.54) is 28.4 Å². The molecule has 0 bridgehead atoms. The fourth-order valence-electron chi connectivity index (χ4n) is 0.929. The largest absolute Gasteiger partial charge is 2.00 e. The molecule has 0 radical (unpaired) electrons. The summed E-state index contributed by atoms with van der Waals surface area (Å²) in [7, 11) is 4.76. The average Bonchev–Trinajstić information content (AvgIpc) is 2.67. The molecule has 11 heteroatoms. The second kappa shape index (κ2) is 27.9. The first kappa shape index (κ1) is 41.2. The van der Waals surface area contributed by atoms with Crippen LogP contribution < -0.4 is 17.0 Å². The van der Waals surface area contributed by atoms with E-state index in [0.29, 0.717) is 6.42 Å². The van der Waals surface area contributed by atoms with E-state index in [2.05, 4.69) is 25.9 Å². The van der Waals surface area contributed by atoms with Crippen molar-refractivity contribution in [3.63, 3.8) is 0 Å². The molecule has 8 nitrogen and oxygen atoms in total. The third-order valence-corrected chi connectivity index (χ3v) is 2.43. The first-order valence-corrected chi connectivity index (χ1v) is 7.10. The smallest absolute Gasteiger partial charge is 1.00 e. The zero-order valence-corrected chi connectivity index (χ0v) is 19.9. The van der Waals surface area contributed by atoms with Gasteiger partial charge in [-0.3, -0.25) is 0 Å². The maximum absolute atomic E-state index is 11.0. The van der Waals surface area contributed by atoms with Gasteiger partial charge in [0.2, 0.25) is 0 Å². The van der Waals surface area contributed by atoms with Gasteiger partial charge in [-0.2, -0.15) is 6.92 Å². The molecule has 0 spiro atoms. The normalized spacial score (nSPS) is 8.14. The van der Waals surface area contributed by atoms with Crippen LogP contribution >= 0.6 is 11.6 Å². The van der Waals surface area contributed by atoms with Crippen LogP contribution in [0.5, 0.6) is 0 Å². The Labute approximate surface area is 198 Å². The standard InChI is InChI=1S/C8H11ClO4.C6H6O4.C2H5.CH4.BrH.Mg/c1-4-5(7(10)12-2)6(9)8(11)13-3;1-9-5(7)3-4-6(8)10-2;1-2;;;/h4H2,1-3H3;1-2H3;1H2,2H3;1H4;1H;/q;;-1;;;+2/p-1/b6-5+;;;;;. The maximum Gasteiger partial charge on any atom is 2.00 e. The number of rotatable bonds is 3. The van der Waals surface area contributed by atoms with Crippen molar-refractivity contribution in [2.24, 2.45) is 0 Å². The minimum atomic E-state index is -0.759. The van der Waals surface area contributed by atoms with Crippen molar-refractivity contribution in [3.05, 3.63) is 17.5 Å². The van der Waals surface area contributed by atoms with Gasteiger partial charge in [-0.05, 0) is 6.42 Å². The van der Waals surface area contributed by atoms with E-state index >= 15 is 0 Å². The van der Waals surface area contributed by atoms with Crippen LogP contribution in [0.25, 0.3) is 0 Å². The molecule has 0 amide bonds. The summed E-state index contributed by atoms with van der Waals surface area (Å²) in [6.07, 6.45) is 0.320. The van der Waals surface area contributed by atoms with Crippen molar-refractivity contribution in [1.82, 2.24) is 0 Å². The molecule has 0 unspecified atom stereocenters. The summed E-state index contributed by atoms with van der Waals surface area (Å²) in [5, 5.41) is -0.225. The van der Waals surface area contributed by atoms with Gasteiger partial charge in [0, 0.05) is 11.8 Å². The van der Waals surface area contributed by atoms with Crippen LogP contribution in [0, 0.1) is 18.8 Å². The number of carbonyl (C=O) groups excluding carboxylic acids is 4. The van der Waals surface area contributed by atoms with Crippen LogP contribution in [-0.2, 0) is 38.1 Å². The van der Waals surface area contributed by atoms with Crippen molar-refractivity contribution < 1.29 is 55.1 Å². The zero-order valence-electron chi connectivity index (χ0n) is 16.1. The molecule has 158 valence electrons. The first-order valence-electron chi connectivity index (χ1n) is 6.72. The molecule has 0 aliphatic carbocycles. The van der Waals surface area contributed by atoms with Gasteiger partial charge in [0.25, 0.3) is 0 Å². The molecule has 0 atom stereocenters. The van der Waals surface area contributed by atoms with Crippen molar-refractivity contribution in [1.29, 1.82) is 0 Å². The third-order valence-electron chi connectivity index (χ3n) is 2.05. The summed E-state index contributed by atoms with van der Waals surface area (Å²) >= 11 is 5.58. The minimum Gasteiger partial charge on any atom is -1.00 e. The van der Waals surface area contributed by atoms with E-state index < -0.39 is 23.9 Å². The topological polar surface area (TPSA) is 105 Å². The zero-order chi connectivity index (χ0) is 20.4. The van der Waals surface area contributed by atoms with Crippen molar-refractivity contribution in [2.45, 2.75) is 27.7 Å². The van der Waals surface area contributed by atoms with E-state index in [-0.39, 0.29) is 58.1 Å². The molecule has 0 saturated heterocycles. The number of halogens is 2. The van der Waals surface area contributed by atoms with Crippen LogP contribution in [0.1, 0.15) is 27.7 Å². The van der Waals surface area contributed by atoms with Gasteiger partial charge >= 0.3 is 46.9 Å². The Kier molecular flexibility index (Phi) is 41.1. The maximum atomic E-state index is 11.0. The van der Waals surface area contributed by atoms with E-state index in [1.807, 2.05) is 11.8 Å². The van der Waals surface area contributed by atoms with Crippen LogP contribution in [0.4, 0.5) is 0 Å². The Balaban J connectivity index is -0.0000000736. The molecule has 0 rings (SSSR count). The van der Waals surface area contributed by atoms with Crippen molar-refractivity contribution >= 4 is 58.5 Å². The van der Waals surface area contributed by atoms with Gasteiger partial charge in [-0.1, -0.05) is 26.0 Å². The van der Waals surface area contributed by atoms with Crippen molar-refractivity contribution in [3.8, 4) is 11.8 Å². The summed E-state index contributed by atoms with van der Waals surface area (Å²) in [5.41, 5.74) is 0.121. The molecule has 0 N–H and O–H groups in total. The molecule has 0 aliphatic heterocycles. The Bertz CT molecular complexity index is 533. The first-order chi connectivity index (χ1) is 11.8. The molecule has 0 aromatic carbocycles. The van der Waals surface area contributed by atoms with Crippen LogP contribution in [-0.4, -0.2) is 75.4 Å². The molecule has 0 fully saturated rings. The summed E-state index contributed by atoms with van der Waals surface area (Å²) < 4.78 is 17.0. The quantitative estimate of drug-likeness (QED) is 0.0898. The van der Waals surface area contributed by atoms with Gasteiger partial charge in [0.15, 0.2) is 0 Å². The van der Waals surface area contributed by atoms with E-state index in [1.54, 1.807) is 13.8 Å². The van der Waals surface area contributed by atoms with Gasteiger partial charge in [0.1, 0.15) is 5.03 Å². The van der Waals surface area contributed by atoms with Crippen LogP contribution in [0.3, 0.4) is 0 Å². The molecular formula is C17H26BrClMgO8. The summed E-state index contributed by atoms with van der Waals surface area (Å²) in [6, 6.07) is 0. The van der Waals surface area contributed by atoms with Crippen LogP contribution in [0.15, 0.2) is 10.6 Å². The molecule has 0 aromatic heterocycles. The predicted octanol–water partition coefficient (Wildman–Crippen LogP) is -1.33. The number of esters is 4. The fraction of sp³-hybridized carbons (Fsp3) is 0.471. The van der Waals surface area contributed by atoms with E-state index in [0.717, 1.165) is 0 Å². The van der Waals surface area contributed by atoms with Gasteiger partial charge in [-0.25, -0.2) is 19.2 Å². The van der Waals surface area contributed by atoms with E-state index in [9.17, 15) is 19.2 Å². The predicted molar refractivity (Wildman–Crippen MR) is 103 cm³/mol. The third kappa shape index (κ3) is 21.0. The van der Waals surface area contributed by atoms with Crippen LogP contribution in [0.2, 0.25) is 0 Å². The SMILES string of the molecule is C.CC/C(C(=O)OC)=C(\Cl)C(=O)OC.COC(=O)C#CC(=O)OC.[Br-].[CH2-]C.[Mg+2]. The van der Waals surface area contributed by atoms with Crippen molar-refractivity contribution in [2.75, 3.05) is 28.4 Å². The Hall–Kier alpha value is -1.28. The second-order valence-corrected chi connectivity index (χ2v) is 3.74. The molecule has 0 aliphatic rings. The number of carbonyl (C=O) groups is 4. The Morgan fingerprint density at radius 2 is 1.14 bits per heavy atom. The Morgan fingerprint density at radius 1 is 0.821 bits per heavy atom. The summed E-state index contributed by atoms with van der Waals surface area (Å²) in [4.78, 5) is 42.4. The molecule has 0 saturated carbocycles. The second-order valence-electron chi connectivity index (χ2n) is 3.36. The number of hydrogen-bond acceptors (Lipinski definition) is 8. The number of hydrogen-bond donors (Lipinski definition) is 0. The van der Waals surface area contributed by atoms with E-state index in [4.69, 9.17) is 11.6 Å².